The molecular weight excluding hydrogens is 254 g/mol. The molecule has 0 N–H and O–H groups in total. The van der Waals surface area contributed by atoms with E-state index in [0.717, 1.165) is 10.0 Å². The highest BCUT2D eigenvalue weighted by molar-refractivity contribution is 9.10. The molecule has 0 amide bonds. The monoisotopic (exact) mass is 265 g/mol. The lowest BCUT2D eigenvalue weighted by Crippen LogP contribution is -2.16. The van der Waals surface area contributed by atoms with Crippen LogP contribution in [0.1, 0.15) is 25.3 Å². The lowest BCUT2D eigenvalue weighted by molar-refractivity contribution is -0.122. The molecule has 0 aliphatic rings. The molecule has 1 aromatic carbocycles. The number of hydrogen-bond acceptors (Lipinski definition) is 2. The number of halogens is 1. The lowest BCUT2D eigenvalue weighted by Gasteiger charge is -2.10. The second-order valence-electron chi connectivity index (χ2n) is 3.67. The maximum atomic E-state index is 11.7. The van der Waals surface area contributed by atoms with Gasteiger partial charge >= 0.3 is 0 Å². The third-order valence-corrected chi connectivity index (χ3v) is 2.71. The van der Waals surface area contributed by atoms with E-state index in [-0.39, 0.29) is 11.7 Å². The number of Topliss-reactive ketones (excluding diaryl/α,β-unsaturated/α-hetero) is 1. The van der Waals surface area contributed by atoms with Crippen LogP contribution in [0, 0.1) is 17.2 Å². The first-order chi connectivity index (χ1) is 7.06. The zero-order valence-electron chi connectivity index (χ0n) is 8.70. The van der Waals surface area contributed by atoms with Crippen LogP contribution in [0.15, 0.2) is 28.7 Å². The first kappa shape index (κ1) is 11.9. The number of carbonyl (C=O) groups excluding carboxylic acids is 1. The average Bonchev–Trinajstić information content (AvgIpc) is 2.21. The minimum absolute atomic E-state index is 0.0279. The van der Waals surface area contributed by atoms with Crippen molar-refractivity contribution >= 4 is 21.7 Å². The zero-order chi connectivity index (χ0) is 11.4. The highest BCUT2D eigenvalue weighted by Crippen LogP contribution is 2.21. The van der Waals surface area contributed by atoms with E-state index < -0.39 is 5.92 Å². The Morgan fingerprint density at radius 3 is 2.27 bits per heavy atom. The molecule has 15 heavy (non-hydrogen) atoms. The van der Waals surface area contributed by atoms with Gasteiger partial charge in [0.2, 0.25) is 0 Å². The van der Waals surface area contributed by atoms with E-state index in [1.807, 2.05) is 26.0 Å². The Hall–Kier alpha value is -1.14. The van der Waals surface area contributed by atoms with Crippen molar-refractivity contribution in [3.8, 4) is 6.07 Å². The van der Waals surface area contributed by atoms with Crippen LogP contribution in [-0.2, 0) is 4.79 Å². The first-order valence-corrected chi connectivity index (χ1v) is 5.54. The Morgan fingerprint density at radius 1 is 1.33 bits per heavy atom. The van der Waals surface area contributed by atoms with E-state index in [4.69, 9.17) is 5.26 Å². The van der Waals surface area contributed by atoms with Crippen molar-refractivity contribution in [2.24, 2.45) is 5.92 Å². The van der Waals surface area contributed by atoms with Crippen molar-refractivity contribution in [1.82, 2.24) is 0 Å². The molecule has 0 saturated carbocycles. The van der Waals surface area contributed by atoms with Gasteiger partial charge in [-0.3, -0.25) is 4.79 Å². The van der Waals surface area contributed by atoms with E-state index in [0.29, 0.717) is 0 Å². The van der Waals surface area contributed by atoms with Crippen LogP contribution >= 0.6 is 15.9 Å². The normalized spacial score (nSPS) is 12.2. The number of rotatable bonds is 3. The van der Waals surface area contributed by atoms with E-state index in [1.165, 1.54) is 0 Å². The highest BCUT2D eigenvalue weighted by atomic mass is 79.9. The van der Waals surface area contributed by atoms with E-state index >= 15 is 0 Å². The van der Waals surface area contributed by atoms with Gasteiger partial charge in [0.1, 0.15) is 5.92 Å². The molecule has 3 heteroatoms. The maximum absolute atomic E-state index is 11.7. The van der Waals surface area contributed by atoms with Crippen LogP contribution in [0.2, 0.25) is 0 Å². The summed E-state index contributed by atoms with van der Waals surface area (Å²) in [5.74, 6) is -0.781. The Kier molecular flexibility index (Phi) is 4.05. The third-order valence-electron chi connectivity index (χ3n) is 2.19. The summed E-state index contributed by atoms with van der Waals surface area (Å²) in [4.78, 5) is 11.7. The fourth-order valence-electron chi connectivity index (χ4n) is 1.29. The summed E-state index contributed by atoms with van der Waals surface area (Å²) in [6, 6.07) is 9.34. The van der Waals surface area contributed by atoms with Gasteiger partial charge in [-0.15, -0.1) is 0 Å². The molecule has 0 saturated heterocycles. The van der Waals surface area contributed by atoms with Gasteiger partial charge in [0.25, 0.3) is 0 Å². The van der Waals surface area contributed by atoms with Crippen molar-refractivity contribution in [3.05, 3.63) is 34.3 Å². The van der Waals surface area contributed by atoms with E-state index in [1.54, 1.807) is 12.1 Å². The molecule has 78 valence electrons. The Balaban J connectivity index is 2.99. The van der Waals surface area contributed by atoms with Gasteiger partial charge in [0.15, 0.2) is 5.78 Å². The lowest BCUT2D eigenvalue weighted by atomic mass is 9.90. The number of carbonyl (C=O) groups is 1. The standard InChI is InChI=1S/C12H12BrNO/c1-8(2)12(15)11(7-14)9-3-5-10(13)6-4-9/h3-6,8,11H,1-2H3/t11-/m0/s1. The average molecular weight is 266 g/mol. The largest absolute Gasteiger partial charge is 0.298 e. The van der Waals surface area contributed by atoms with Gasteiger partial charge in [0, 0.05) is 10.4 Å². The molecule has 1 rings (SSSR count). The molecule has 1 atom stereocenters. The number of nitrogens with zero attached hydrogens (tertiary/aromatic N) is 1. The molecular formula is C12H12BrNO. The SMILES string of the molecule is CC(C)C(=O)[C@@H](C#N)c1ccc(Br)cc1. The molecule has 0 aromatic heterocycles. The van der Waals surface area contributed by atoms with Crippen LogP contribution in [0.4, 0.5) is 0 Å². The molecule has 0 heterocycles. The Bertz CT molecular complexity index is 389. The highest BCUT2D eigenvalue weighted by Gasteiger charge is 2.22. The van der Waals surface area contributed by atoms with Gasteiger partial charge in [-0.1, -0.05) is 41.9 Å². The fraction of sp³-hybridized carbons (Fsp3) is 0.333. The molecule has 0 unspecified atom stereocenters. The number of benzene rings is 1. The second-order valence-corrected chi connectivity index (χ2v) is 4.59. The Labute approximate surface area is 98.0 Å². The van der Waals surface area contributed by atoms with Crippen LogP contribution in [0.5, 0.6) is 0 Å². The second kappa shape index (κ2) is 5.09. The van der Waals surface area contributed by atoms with Gasteiger partial charge in [-0.2, -0.15) is 5.26 Å². The first-order valence-electron chi connectivity index (χ1n) is 4.75. The summed E-state index contributed by atoms with van der Waals surface area (Å²) in [6.07, 6.45) is 0. The summed E-state index contributed by atoms with van der Waals surface area (Å²) >= 11 is 3.31. The molecule has 2 nitrogen and oxygen atoms in total. The van der Waals surface area contributed by atoms with Crippen LogP contribution in [0.3, 0.4) is 0 Å². The number of nitriles is 1. The van der Waals surface area contributed by atoms with Crippen molar-refractivity contribution < 1.29 is 4.79 Å². The van der Waals surface area contributed by atoms with Gasteiger partial charge in [0.05, 0.1) is 6.07 Å². The fourth-order valence-corrected chi connectivity index (χ4v) is 1.56. The van der Waals surface area contributed by atoms with E-state index in [2.05, 4.69) is 22.0 Å². The molecule has 0 fully saturated rings. The Morgan fingerprint density at radius 2 is 1.87 bits per heavy atom. The van der Waals surface area contributed by atoms with Gasteiger partial charge in [-0.25, -0.2) is 0 Å². The van der Waals surface area contributed by atoms with Crippen LogP contribution < -0.4 is 0 Å². The zero-order valence-corrected chi connectivity index (χ0v) is 10.3. The minimum Gasteiger partial charge on any atom is -0.298 e. The molecule has 0 radical (unpaired) electrons. The predicted molar refractivity (Wildman–Crippen MR) is 62.3 cm³/mol. The van der Waals surface area contributed by atoms with Crippen LogP contribution in [0.25, 0.3) is 0 Å². The summed E-state index contributed by atoms with van der Waals surface area (Å²) in [7, 11) is 0. The van der Waals surface area contributed by atoms with Crippen molar-refractivity contribution in [2.45, 2.75) is 19.8 Å². The summed E-state index contributed by atoms with van der Waals surface area (Å²) in [6.45, 7) is 3.62. The van der Waals surface area contributed by atoms with Crippen molar-refractivity contribution in [2.75, 3.05) is 0 Å². The van der Waals surface area contributed by atoms with Gasteiger partial charge < -0.3 is 0 Å². The molecule has 0 aliphatic carbocycles. The number of ketones is 1. The third kappa shape index (κ3) is 2.90. The van der Waals surface area contributed by atoms with Crippen LogP contribution in [-0.4, -0.2) is 5.78 Å². The maximum Gasteiger partial charge on any atom is 0.156 e. The summed E-state index contributed by atoms with van der Waals surface area (Å²) in [5.41, 5.74) is 0.763. The molecule has 0 aliphatic heterocycles. The summed E-state index contributed by atoms with van der Waals surface area (Å²) in [5, 5.41) is 8.99. The quantitative estimate of drug-likeness (QED) is 0.842. The predicted octanol–water partition coefficient (Wildman–Crippen LogP) is 3.28. The minimum atomic E-state index is -0.641. The van der Waals surface area contributed by atoms with Gasteiger partial charge in [-0.05, 0) is 17.7 Å². The molecule has 0 bridgehead atoms. The van der Waals surface area contributed by atoms with Crippen molar-refractivity contribution in [3.63, 3.8) is 0 Å². The number of hydrogen-bond donors (Lipinski definition) is 0. The summed E-state index contributed by atoms with van der Waals surface area (Å²) < 4.78 is 0.944. The topological polar surface area (TPSA) is 40.9 Å². The van der Waals surface area contributed by atoms with Crippen molar-refractivity contribution in [1.29, 1.82) is 5.26 Å². The molecule has 0 spiro atoms. The smallest absolute Gasteiger partial charge is 0.156 e. The molecule has 1 aromatic rings. The van der Waals surface area contributed by atoms with E-state index in [9.17, 15) is 4.79 Å².